The predicted molar refractivity (Wildman–Crippen MR) is 87.9 cm³/mol. The summed E-state index contributed by atoms with van der Waals surface area (Å²) in [6.45, 7) is 2.77. The number of benzene rings is 1. The molecule has 1 amide bonds. The Bertz CT molecular complexity index is 722. The van der Waals surface area contributed by atoms with E-state index in [-0.39, 0.29) is 11.1 Å². The number of nitrogens with zero attached hydrogens (tertiary/aromatic N) is 2. The molecule has 3 nitrogen and oxygen atoms in total. The molecule has 4 heteroatoms. The predicted octanol–water partition coefficient (Wildman–Crippen LogP) is 4.02. The largest absolute Gasteiger partial charge is 0.312 e. The Morgan fingerprint density at radius 2 is 2.05 bits per heavy atom. The van der Waals surface area contributed by atoms with E-state index in [0.29, 0.717) is 12.1 Å². The Labute approximate surface area is 135 Å². The first-order chi connectivity index (χ1) is 10.6. The Kier molecular flexibility index (Phi) is 4.25. The van der Waals surface area contributed by atoms with Crippen LogP contribution in [0.1, 0.15) is 27.9 Å². The molecule has 0 spiro atoms. The maximum atomic E-state index is 12.7. The quantitative estimate of drug-likeness (QED) is 0.802. The summed E-state index contributed by atoms with van der Waals surface area (Å²) in [4.78, 5) is 18.5. The smallest absolute Gasteiger partial charge is 0.261 e. The van der Waals surface area contributed by atoms with Gasteiger partial charge in [-0.05, 0) is 31.0 Å². The number of halogens is 1. The number of amides is 1. The van der Waals surface area contributed by atoms with E-state index in [4.69, 9.17) is 11.6 Å². The van der Waals surface area contributed by atoms with E-state index in [1.165, 1.54) is 11.1 Å². The molecule has 2 aromatic rings. The molecule has 3 rings (SSSR count). The topological polar surface area (TPSA) is 33.2 Å². The molecule has 0 bridgehead atoms. The molecule has 0 radical (unpaired) electrons. The summed E-state index contributed by atoms with van der Waals surface area (Å²) in [6, 6.07) is 11.9. The van der Waals surface area contributed by atoms with Crippen molar-refractivity contribution >= 4 is 17.5 Å². The molecule has 2 heterocycles. The second-order valence-corrected chi connectivity index (χ2v) is 5.80. The second-order valence-electron chi connectivity index (χ2n) is 5.45. The van der Waals surface area contributed by atoms with Gasteiger partial charge in [0, 0.05) is 24.9 Å². The van der Waals surface area contributed by atoms with Crippen molar-refractivity contribution in [2.24, 2.45) is 0 Å². The lowest BCUT2D eigenvalue weighted by molar-refractivity contribution is 0.0816. The van der Waals surface area contributed by atoms with Crippen LogP contribution in [-0.2, 0) is 6.42 Å². The van der Waals surface area contributed by atoms with Crippen LogP contribution in [0.4, 0.5) is 0 Å². The summed E-state index contributed by atoms with van der Waals surface area (Å²) in [5.41, 5.74) is 3.93. The van der Waals surface area contributed by atoms with Crippen LogP contribution >= 0.6 is 11.6 Å². The van der Waals surface area contributed by atoms with Crippen LogP contribution in [0.3, 0.4) is 0 Å². The zero-order valence-electron chi connectivity index (χ0n) is 12.4. The van der Waals surface area contributed by atoms with Crippen LogP contribution in [-0.4, -0.2) is 22.3 Å². The van der Waals surface area contributed by atoms with Gasteiger partial charge in [-0.2, -0.15) is 0 Å². The van der Waals surface area contributed by atoms with Gasteiger partial charge in [-0.25, -0.2) is 4.98 Å². The summed E-state index contributed by atoms with van der Waals surface area (Å²) in [5.74, 6) is -0.0750. The Balaban J connectivity index is 1.80. The van der Waals surface area contributed by atoms with Gasteiger partial charge in [0.05, 0.1) is 5.56 Å². The minimum Gasteiger partial charge on any atom is -0.312 e. The number of carbonyl (C=O) groups is 1. The standard InChI is InChI=1S/C18H17ClN2O/c1-13-6-8-14(9-7-13)12-15-4-3-11-21(15)18(22)16-5-2-10-20-17(16)19/h2,4-10H,3,11-12H2,1H3. The Hall–Kier alpha value is -2.13. The summed E-state index contributed by atoms with van der Waals surface area (Å²) in [7, 11) is 0. The highest BCUT2D eigenvalue weighted by Crippen LogP contribution is 2.24. The van der Waals surface area contributed by atoms with Gasteiger partial charge in [-0.1, -0.05) is 47.5 Å². The number of allylic oxidation sites excluding steroid dienone is 1. The van der Waals surface area contributed by atoms with Gasteiger partial charge in [-0.3, -0.25) is 4.79 Å². The van der Waals surface area contributed by atoms with E-state index in [1.807, 2.05) is 4.90 Å². The molecule has 1 aromatic heterocycles. The molecule has 1 aliphatic rings. The van der Waals surface area contributed by atoms with E-state index in [9.17, 15) is 4.79 Å². The number of pyridine rings is 1. The third-order valence-corrected chi connectivity index (χ3v) is 4.12. The van der Waals surface area contributed by atoms with Gasteiger partial charge in [0.1, 0.15) is 5.15 Å². The van der Waals surface area contributed by atoms with Gasteiger partial charge in [-0.15, -0.1) is 0 Å². The Morgan fingerprint density at radius 3 is 2.77 bits per heavy atom. The molecule has 1 aromatic carbocycles. The van der Waals surface area contributed by atoms with E-state index in [0.717, 1.165) is 18.5 Å². The number of rotatable bonds is 3. The molecule has 0 saturated heterocycles. The number of hydrogen-bond donors (Lipinski definition) is 0. The van der Waals surface area contributed by atoms with Crippen molar-refractivity contribution in [3.8, 4) is 0 Å². The number of carbonyl (C=O) groups excluding carboxylic acids is 1. The zero-order chi connectivity index (χ0) is 15.5. The zero-order valence-corrected chi connectivity index (χ0v) is 13.2. The van der Waals surface area contributed by atoms with Crippen molar-refractivity contribution < 1.29 is 4.79 Å². The fourth-order valence-electron chi connectivity index (χ4n) is 2.62. The SMILES string of the molecule is Cc1ccc(CC2=CCCN2C(=O)c2cccnc2Cl)cc1. The van der Waals surface area contributed by atoms with Crippen LogP contribution in [0.15, 0.2) is 54.4 Å². The van der Waals surface area contributed by atoms with Crippen LogP contribution in [0.25, 0.3) is 0 Å². The van der Waals surface area contributed by atoms with Gasteiger partial charge in [0.25, 0.3) is 5.91 Å². The first-order valence-electron chi connectivity index (χ1n) is 7.32. The first kappa shape index (κ1) is 14.8. The van der Waals surface area contributed by atoms with Crippen molar-refractivity contribution in [1.82, 2.24) is 9.88 Å². The number of aromatic nitrogens is 1. The highest BCUT2D eigenvalue weighted by atomic mass is 35.5. The fraction of sp³-hybridized carbons (Fsp3) is 0.222. The minimum atomic E-state index is -0.0750. The van der Waals surface area contributed by atoms with Gasteiger partial charge < -0.3 is 4.90 Å². The van der Waals surface area contributed by atoms with Crippen molar-refractivity contribution in [1.29, 1.82) is 0 Å². The third-order valence-electron chi connectivity index (χ3n) is 3.82. The normalized spacial score (nSPS) is 14.1. The van der Waals surface area contributed by atoms with E-state index >= 15 is 0 Å². The van der Waals surface area contributed by atoms with Crippen molar-refractivity contribution in [3.63, 3.8) is 0 Å². The maximum absolute atomic E-state index is 12.7. The van der Waals surface area contributed by atoms with E-state index < -0.39 is 0 Å². The lowest BCUT2D eigenvalue weighted by atomic mass is 10.1. The highest BCUT2D eigenvalue weighted by Gasteiger charge is 2.24. The maximum Gasteiger partial charge on any atom is 0.261 e. The first-order valence-corrected chi connectivity index (χ1v) is 7.70. The molecule has 0 aliphatic carbocycles. The molecule has 0 fully saturated rings. The molecule has 0 N–H and O–H groups in total. The molecule has 112 valence electrons. The highest BCUT2D eigenvalue weighted by molar-refractivity contribution is 6.32. The molecule has 1 aliphatic heterocycles. The third kappa shape index (κ3) is 3.04. The lowest BCUT2D eigenvalue weighted by Gasteiger charge is -2.21. The van der Waals surface area contributed by atoms with E-state index in [1.54, 1.807) is 18.3 Å². The second kappa shape index (κ2) is 6.32. The minimum absolute atomic E-state index is 0.0750. The van der Waals surface area contributed by atoms with Crippen LogP contribution < -0.4 is 0 Å². The molecule has 22 heavy (non-hydrogen) atoms. The van der Waals surface area contributed by atoms with Gasteiger partial charge >= 0.3 is 0 Å². The van der Waals surface area contributed by atoms with Crippen molar-refractivity contribution in [2.45, 2.75) is 19.8 Å². The number of hydrogen-bond acceptors (Lipinski definition) is 2. The van der Waals surface area contributed by atoms with Crippen LogP contribution in [0.2, 0.25) is 5.15 Å². The number of aryl methyl sites for hydroxylation is 1. The summed E-state index contributed by atoms with van der Waals surface area (Å²) >= 11 is 6.04. The molecular weight excluding hydrogens is 296 g/mol. The van der Waals surface area contributed by atoms with Crippen LogP contribution in [0.5, 0.6) is 0 Å². The van der Waals surface area contributed by atoms with E-state index in [2.05, 4.69) is 42.2 Å². The summed E-state index contributed by atoms with van der Waals surface area (Å²) in [5, 5.41) is 0.258. The van der Waals surface area contributed by atoms with Gasteiger partial charge in [0.2, 0.25) is 0 Å². The van der Waals surface area contributed by atoms with Gasteiger partial charge in [0.15, 0.2) is 0 Å². The monoisotopic (exact) mass is 312 g/mol. The summed E-state index contributed by atoms with van der Waals surface area (Å²) < 4.78 is 0. The lowest BCUT2D eigenvalue weighted by Crippen LogP contribution is -2.29. The average Bonchev–Trinajstić information content (AvgIpc) is 2.97. The molecule has 0 atom stereocenters. The van der Waals surface area contributed by atoms with Crippen molar-refractivity contribution in [3.05, 3.63) is 76.2 Å². The summed E-state index contributed by atoms with van der Waals surface area (Å²) in [6.07, 6.45) is 5.35. The fourth-order valence-corrected chi connectivity index (χ4v) is 2.82. The average molecular weight is 313 g/mol. The molecule has 0 unspecified atom stereocenters. The van der Waals surface area contributed by atoms with Crippen LogP contribution in [0, 0.1) is 6.92 Å². The Morgan fingerprint density at radius 1 is 1.27 bits per heavy atom. The molecular formula is C18H17ClN2O. The molecule has 0 saturated carbocycles. The van der Waals surface area contributed by atoms with Crippen molar-refractivity contribution in [2.75, 3.05) is 6.54 Å².